The first-order chi connectivity index (χ1) is 15.9. The van der Waals surface area contributed by atoms with Crippen molar-refractivity contribution in [1.29, 1.82) is 0 Å². The molecule has 0 aliphatic carbocycles. The number of imidazole rings is 1. The number of hydrogen-bond acceptors (Lipinski definition) is 5. The lowest BCUT2D eigenvalue weighted by atomic mass is 9.94. The number of nitrogens with one attached hydrogen (secondary N) is 2. The highest BCUT2D eigenvalue weighted by atomic mass is 16.6. The number of carbonyl (C=O) groups is 1. The van der Waals surface area contributed by atoms with Crippen LogP contribution in [-0.4, -0.2) is 20.4 Å². The van der Waals surface area contributed by atoms with Gasteiger partial charge < -0.3 is 10.6 Å². The Morgan fingerprint density at radius 3 is 2.58 bits per heavy atom. The average molecular weight is 439 g/mol. The fraction of sp³-hybridized carbons (Fsp3) is 0.120. The van der Waals surface area contributed by atoms with Crippen LogP contribution in [0.5, 0.6) is 0 Å². The van der Waals surface area contributed by atoms with Gasteiger partial charge in [-0.1, -0.05) is 42.0 Å². The number of hydrogen-bond donors (Lipinski definition) is 2. The molecule has 8 nitrogen and oxygen atoms in total. The van der Waals surface area contributed by atoms with E-state index in [1.54, 1.807) is 12.1 Å². The third-order valence-corrected chi connectivity index (χ3v) is 5.78. The Bertz CT molecular complexity index is 1440. The van der Waals surface area contributed by atoms with Gasteiger partial charge in [-0.2, -0.15) is 0 Å². The molecule has 0 bridgehead atoms. The monoisotopic (exact) mass is 439 g/mol. The van der Waals surface area contributed by atoms with E-state index in [1.807, 2.05) is 66.9 Å². The second-order valence-corrected chi connectivity index (χ2v) is 8.03. The van der Waals surface area contributed by atoms with Gasteiger partial charge in [-0.15, -0.1) is 0 Å². The second-order valence-electron chi connectivity index (χ2n) is 8.03. The van der Waals surface area contributed by atoms with Crippen LogP contribution in [0, 0.1) is 17.0 Å². The largest absolute Gasteiger partial charge is 0.329 e. The van der Waals surface area contributed by atoms with E-state index in [-0.39, 0.29) is 11.6 Å². The van der Waals surface area contributed by atoms with E-state index in [0.717, 1.165) is 16.6 Å². The minimum atomic E-state index is -0.598. The number of aromatic nitrogens is 2. The number of benzene rings is 3. The van der Waals surface area contributed by atoms with Gasteiger partial charge in [-0.05, 0) is 43.7 Å². The summed E-state index contributed by atoms with van der Waals surface area (Å²) in [6, 6.07) is 21.0. The van der Waals surface area contributed by atoms with E-state index >= 15 is 0 Å². The molecule has 0 radical (unpaired) electrons. The number of nitro groups is 1. The highest BCUT2D eigenvalue weighted by Gasteiger charge is 2.34. The zero-order valence-electron chi connectivity index (χ0n) is 18.1. The Balaban J connectivity index is 1.68. The van der Waals surface area contributed by atoms with Crippen LogP contribution in [0.25, 0.3) is 11.0 Å². The molecular formula is C25H21N5O3. The standard InChI is InChI=1S/C25H21N5O3/c1-15-10-12-18(13-11-15)27-24(31)22-16(2)26-25-28-20-8-3-4-9-21(20)29(25)23(22)17-6-5-7-19(14-17)30(32)33/h3-14,23H,1-2H3,(H,26,28)(H,27,31)/t23-/m0/s1. The lowest BCUT2D eigenvalue weighted by molar-refractivity contribution is -0.384. The quantitative estimate of drug-likeness (QED) is 0.337. The van der Waals surface area contributed by atoms with Crippen LogP contribution in [-0.2, 0) is 4.79 Å². The maximum atomic E-state index is 13.6. The molecule has 1 amide bonds. The van der Waals surface area contributed by atoms with Crippen molar-refractivity contribution in [3.05, 3.63) is 105 Å². The number of rotatable bonds is 4. The zero-order valence-corrected chi connectivity index (χ0v) is 18.1. The molecule has 0 spiro atoms. The molecule has 1 aromatic heterocycles. The van der Waals surface area contributed by atoms with Gasteiger partial charge in [0.1, 0.15) is 0 Å². The van der Waals surface area contributed by atoms with Crippen molar-refractivity contribution in [2.75, 3.05) is 10.6 Å². The number of anilines is 2. The molecule has 0 saturated heterocycles. The first kappa shape index (κ1) is 20.4. The van der Waals surface area contributed by atoms with Crippen LogP contribution in [0.2, 0.25) is 0 Å². The van der Waals surface area contributed by atoms with Gasteiger partial charge in [0, 0.05) is 23.5 Å². The topological polar surface area (TPSA) is 102 Å². The fourth-order valence-electron chi connectivity index (χ4n) is 4.22. The molecular weight excluding hydrogens is 418 g/mol. The van der Waals surface area contributed by atoms with Crippen molar-refractivity contribution in [2.24, 2.45) is 0 Å². The molecule has 33 heavy (non-hydrogen) atoms. The van der Waals surface area contributed by atoms with Crippen molar-refractivity contribution < 1.29 is 9.72 Å². The average Bonchev–Trinajstić information content (AvgIpc) is 3.17. The number of fused-ring (bicyclic) bond motifs is 3. The number of nitro benzene ring substituents is 1. The van der Waals surface area contributed by atoms with Gasteiger partial charge in [0.05, 0.1) is 27.6 Å². The normalized spacial score (nSPS) is 15.2. The predicted molar refractivity (Wildman–Crippen MR) is 127 cm³/mol. The van der Waals surface area contributed by atoms with Crippen molar-refractivity contribution >= 4 is 34.3 Å². The molecule has 5 rings (SSSR count). The molecule has 1 atom stereocenters. The lowest BCUT2D eigenvalue weighted by Gasteiger charge is -2.30. The van der Waals surface area contributed by atoms with E-state index in [1.165, 1.54) is 12.1 Å². The Morgan fingerprint density at radius 2 is 1.82 bits per heavy atom. The Labute approximate surface area is 189 Å². The van der Waals surface area contributed by atoms with Gasteiger partial charge in [-0.25, -0.2) is 4.98 Å². The molecule has 4 aromatic rings. The summed E-state index contributed by atoms with van der Waals surface area (Å²) < 4.78 is 1.92. The van der Waals surface area contributed by atoms with Gasteiger partial charge >= 0.3 is 0 Å². The Morgan fingerprint density at radius 1 is 1.06 bits per heavy atom. The van der Waals surface area contributed by atoms with Crippen molar-refractivity contribution in [1.82, 2.24) is 9.55 Å². The predicted octanol–water partition coefficient (Wildman–Crippen LogP) is 5.18. The minimum absolute atomic E-state index is 0.0343. The van der Waals surface area contributed by atoms with Crippen LogP contribution < -0.4 is 10.6 Å². The van der Waals surface area contributed by atoms with Gasteiger partial charge in [0.25, 0.3) is 11.6 Å². The number of aryl methyl sites for hydroxylation is 1. The minimum Gasteiger partial charge on any atom is -0.329 e. The van der Waals surface area contributed by atoms with Crippen molar-refractivity contribution in [3.63, 3.8) is 0 Å². The molecule has 164 valence electrons. The number of allylic oxidation sites excluding steroid dienone is 1. The number of amides is 1. The van der Waals surface area contributed by atoms with Gasteiger partial charge in [0.2, 0.25) is 5.95 Å². The van der Waals surface area contributed by atoms with Crippen LogP contribution >= 0.6 is 0 Å². The molecule has 2 heterocycles. The maximum Gasteiger partial charge on any atom is 0.269 e. The number of non-ortho nitro benzene ring substituents is 1. The molecule has 0 fully saturated rings. The third-order valence-electron chi connectivity index (χ3n) is 5.78. The van der Waals surface area contributed by atoms with E-state index in [0.29, 0.717) is 28.5 Å². The van der Waals surface area contributed by atoms with Crippen LogP contribution in [0.15, 0.2) is 84.1 Å². The van der Waals surface area contributed by atoms with E-state index in [9.17, 15) is 14.9 Å². The molecule has 1 aliphatic rings. The number of para-hydroxylation sites is 2. The molecule has 8 heteroatoms. The summed E-state index contributed by atoms with van der Waals surface area (Å²) >= 11 is 0. The summed E-state index contributed by atoms with van der Waals surface area (Å²) in [6.07, 6.45) is 0. The van der Waals surface area contributed by atoms with E-state index in [4.69, 9.17) is 0 Å². The van der Waals surface area contributed by atoms with E-state index < -0.39 is 11.0 Å². The Hall–Kier alpha value is -4.46. The summed E-state index contributed by atoms with van der Waals surface area (Å²) in [4.78, 5) is 29.3. The summed E-state index contributed by atoms with van der Waals surface area (Å²) in [5.74, 6) is 0.292. The molecule has 0 unspecified atom stereocenters. The third kappa shape index (κ3) is 3.61. The smallest absolute Gasteiger partial charge is 0.269 e. The summed E-state index contributed by atoms with van der Waals surface area (Å²) in [5, 5.41) is 17.7. The van der Waals surface area contributed by atoms with Gasteiger partial charge in [-0.3, -0.25) is 19.5 Å². The number of carbonyl (C=O) groups excluding carboxylic acids is 1. The molecule has 0 saturated carbocycles. The maximum absolute atomic E-state index is 13.6. The summed E-state index contributed by atoms with van der Waals surface area (Å²) in [5.41, 5.74) is 5.05. The summed E-state index contributed by atoms with van der Waals surface area (Å²) in [6.45, 7) is 3.80. The fourth-order valence-corrected chi connectivity index (χ4v) is 4.22. The zero-order chi connectivity index (χ0) is 23.1. The molecule has 1 aliphatic heterocycles. The lowest BCUT2D eigenvalue weighted by Crippen LogP contribution is -2.31. The van der Waals surface area contributed by atoms with Gasteiger partial charge in [0.15, 0.2) is 0 Å². The van der Waals surface area contributed by atoms with Crippen molar-refractivity contribution in [2.45, 2.75) is 19.9 Å². The molecule has 2 N–H and O–H groups in total. The highest BCUT2D eigenvalue weighted by molar-refractivity contribution is 6.06. The summed E-state index contributed by atoms with van der Waals surface area (Å²) in [7, 11) is 0. The number of nitrogens with zero attached hydrogens (tertiary/aromatic N) is 3. The first-order valence-corrected chi connectivity index (χ1v) is 10.5. The van der Waals surface area contributed by atoms with Crippen molar-refractivity contribution in [3.8, 4) is 0 Å². The van der Waals surface area contributed by atoms with E-state index in [2.05, 4.69) is 15.6 Å². The van der Waals surface area contributed by atoms with Crippen LogP contribution in [0.1, 0.15) is 24.1 Å². The SMILES string of the molecule is CC1=C(C(=O)Nc2ccc(C)cc2)[C@H](c2cccc([N+](=O)[O-])c2)n2c(nc3ccccc32)N1. The Kier molecular flexibility index (Phi) is 4.90. The van der Waals surface area contributed by atoms with Crippen LogP contribution in [0.3, 0.4) is 0 Å². The highest BCUT2D eigenvalue weighted by Crippen LogP contribution is 2.40. The van der Waals surface area contributed by atoms with Crippen LogP contribution in [0.4, 0.5) is 17.3 Å². The molecule has 3 aromatic carbocycles. The second kappa shape index (κ2) is 7.90. The first-order valence-electron chi connectivity index (χ1n) is 10.5.